The van der Waals surface area contributed by atoms with E-state index >= 15 is 0 Å². The maximum absolute atomic E-state index is 13.0. The number of amides is 1. The Morgan fingerprint density at radius 1 is 1.38 bits per heavy atom. The van der Waals surface area contributed by atoms with Crippen LogP contribution in [0.15, 0.2) is 34.0 Å². The highest BCUT2D eigenvalue weighted by Gasteiger charge is 2.34. The normalized spacial score (nSPS) is 20.0. The topological polar surface area (TPSA) is 67.3 Å². The van der Waals surface area contributed by atoms with Gasteiger partial charge < -0.3 is 4.90 Å². The molecule has 0 saturated carbocycles. The summed E-state index contributed by atoms with van der Waals surface area (Å²) >= 11 is 2.78. The molecule has 0 N–H and O–H groups in total. The van der Waals surface area contributed by atoms with Crippen LogP contribution in [-0.4, -0.2) is 54.1 Å². The Morgan fingerprint density at radius 2 is 2.08 bits per heavy atom. The molecule has 1 aliphatic heterocycles. The van der Waals surface area contributed by atoms with E-state index in [1.54, 1.807) is 31.0 Å². The molecule has 1 fully saturated rings. The molecule has 2 aromatic rings. The Balaban J connectivity index is 1.63. The zero-order chi connectivity index (χ0) is 18.9. The van der Waals surface area contributed by atoms with Crippen LogP contribution in [0.25, 0.3) is 11.3 Å². The van der Waals surface area contributed by atoms with Gasteiger partial charge in [0, 0.05) is 24.0 Å². The number of hydrogen-bond acceptors (Lipinski definition) is 6. The van der Waals surface area contributed by atoms with E-state index in [4.69, 9.17) is 0 Å². The van der Waals surface area contributed by atoms with Gasteiger partial charge in [-0.3, -0.25) is 4.79 Å². The molecule has 2 unspecified atom stereocenters. The van der Waals surface area contributed by atoms with Crippen LogP contribution in [0, 0.1) is 5.82 Å². The molecular weight excluding hydrogens is 395 g/mol. The summed E-state index contributed by atoms with van der Waals surface area (Å²) in [6.07, 6.45) is 0.494. The molecule has 0 bridgehead atoms. The minimum atomic E-state index is -3.03. The minimum Gasteiger partial charge on any atom is -0.341 e. The number of thioether (sulfide) groups is 1. The molecule has 3 rings (SSSR count). The smallest absolute Gasteiger partial charge is 0.235 e. The highest BCUT2D eigenvalue weighted by molar-refractivity contribution is 8.02. The summed E-state index contributed by atoms with van der Waals surface area (Å²) in [6, 6.07) is 5.86. The molecule has 0 aliphatic carbocycles. The zero-order valence-corrected chi connectivity index (χ0v) is 16.8. The number of carbonyl (C=O) groups excluding carboxylic acids is 1. The van der Waals surface area contributed by atoms with Gasteiger partial charge in [-0.1, -0.05) is 11.8 Å². The fourth-order valence-electron chi connectivity index (χ4n) is 2.81. The van der Waals surface area contributed by atoms with E-state index in [-0.39, 0.29) is 34.5 Å². The second-order valence-electron chi connectivity index (χ2n) is 6.27. The quantitative estimate of drug-likeness (QED) is 0.704. The number of halogens is 1. The minimum absolute atomic E-state index is 0.0403. The van der Waals surface area contributed by atoms with E-state index in [9.17, 15) is 17.6 Å². The maximum Gasteiger partial charge on any atom is 0.235 e. The van der Waals surface area contributed by atoms with Crippen molar-refractivity contribution < 1.29 is 17.6 Å². The maximum atomic E-state index is 13.0. The molecule has 140 valence electrons. The average molecular weight is 415 g/mol. The number of carbonyl (C=O) groups is 1. The summed E-state index contributed by atoms with van der Waals surface area (Å²) in [5.74, 6) is -0.214. The second-order valence-corrected chi connectivity index (χ2v) is 10.9. The van der Waals surface area contributed by atoms with Crippen molar-refractivity contribution in [3.63, 3.8) is 0 Å². The fraction of sp³-hybridized carbons (Fsp3) is 0.412. The monoisotopic (exact) mass is 414 g/mol. The number of nitrogens with zero attached hydrogens (tertiary/aromatic N) is 2. The molecule has 2 heterocycles. The van der Waals surface area contributed by atoms with Crippen molar-refractivity contribution in [1.29, 1.82) is 0 Å². The first kappa shape index (κ1) is 19.3. The Bertz CT molecular complexity index is 896. The van der Waals surface area contributed by atoms with Crippen LogP contribution in [-0.2, 0) is 14.6 Å². The second kappa shape index (κ2) is 7.66. The predicted octanol–water partition coefficient (Wildman–Crippen LogP) is 3.08. The van der Waals surface area contributed by atoms with Gasteiger partial charge in [-0.2, -0.15) is 0 Å². The van der Waals surface area contributed by atoms with Crippen LogP contribution >= 0.6 is 23.1 Å². The Kier molecular flexibility index (Phi) is 5.69. The lowest BCUT2D eigenvalue weighted by atomic mass is 10.2. The lowest BCUT2D eigenvalue weighted by molar-refractivity contribution is -0.130. The van der Waals surface area contributed by atoms with Crippen LogP contribution < -0.4 is 0 Å². The highest BCUT2D eigenvalue weighted by Crippen LogP contribution is 2.32. The van der Waals surface area contributed by atoms with Gasteiger partial charge in [0.15, 0.2) is 14.2 Å². The van der Waals surface area contributed by atoms with Crippen molar-refractivity contribution in [2.24, 2.45) is 0 Å². The number of sulfone groups is 1. The standard InChI is InChI=1S/C17H19FN2O3S3/c1-11(16(21)20(2)14-7-8-26(22,23)10-14)25-17-19-15(9-24-17)12-3-5-13(18)6-4-12/h3-6,9,11,14H,7-8,10H2,1-2H3. The number of thiazole rings is 1. The van der Waals surface area contributed by atoms with E-state index in [1.165, 1.54) is 35.2 Å². The van der Waals surface area contributed by atoms with Gasteiger partial charge in [0.25, 0.3) is 0 Å². The van der Waals surface area contributed by atoms with Crippen molar-refractivity contribution >= 4 is 38.8 Å². The molecule has 5 nitrogen and oxygen atoms in total. The van der Waals surface area contributed by atoms with Crippen LogP contribution in [0.1, 0.15) is 13.3 Å². The van der Waals surface area contributed by atoms with E-state index in [0.717, 1.165) is 15.6 Å². The predicted molar refractivity (Wildman–Crippen MR) is 103 cm³/mol. The zero-order valence-electron chi connectivity index (χ0n) is 14.4. The van der Waals surface area contributed by atoms with Gasteiger partial charge in [-0.15, -0.1) is 11.3 Å². The van der Waals surface area contributed by atoms with Crippen LogP contribution in [0.4, 0.5) is 4.39 Å². The number of benzene rings is 1. The van der Waals surface area contributed by atoms with Crippen molar-refractivity contribution in [1.82, 2.24) is 9.88 Å². The average Bonchev–Trinajstić information content (AvgIpc) is 3.20. The lowest BCUT2D eigenvalue weighted by Gasteiger charge is -2.25. The summed E-state index contributed by atoms with van der Waals surface area (Å²) in [5.41, 5.74) is 1.56. The molecule has 1 amide bonds. The highest BCUT2D eigenvalue weighted by atomic mass is 32.2. The number of rotatable bonds is 5. The van der Waals surface area contributed by atoms with Crippen molar-refractivity contribution in [2.75, 3.05) is 18.6 Å². The van der Waals surface area contributed by atoms with Gasteiger partial charge in [-0.25, -0.2) is 17.8 Å². The third-order valence-corrected chi connectivity index (χ3v) is 8.16. The van der Waals surface area contributed by atoms with Crippen molar-refractivity contribution in [3.05, 3.63) is 35.5 Å². The van der Waals surface area contributed by atoms with Gasteiger partial charge in [0.1, 0.15) is 5.82 Å². The fourth-order valence-corrected chi connectivity index (χ4v) is 6.66. The van der Waals surface area contributed by atoms with E-state index < -0.39 is 9.84 Å². The third-order valence-electron chi connectivity index (χ3n) is 4.35. The van der Waals surface area contributed by atoms with E-state index in [0.29, 0.717) is 6.42 Å². The molecule has 0 spiro atoms. The summed E-state index contributed by atoms with van der Waals surface area (Å²) in [7, 11) is -1.36. The van der Waals surface area contributed by atoms with Gasteiger partial charge >= 0.3 is 0 Å². The van der Waals surface area contributed by atoms with Gasteiger partial charge in [0.2, 0.25) is 5.91 Å². The van der Waals surface area contributed by atoms with E-state index in [2.05, 4.69) is 4.98 Å². The SMILES string of the molecule is CC(Sc1nc(-c2ccc(F)cc2)cs1)C(=O)N(C)C1CCS(=O)(=O)C1. The Hall–Kier alpha value is -1.45. The van der Waals surface area contributed by atoms with Crippen molar-refractivity contribution in [3.8, 4) is 11.3 Å². The molecule has 26 heavy (non-hydrogen) atoms. The molecular formula is C17H19FN2O3S3. The Morgan fingerprint density at radius 3 is 2.69 bits per heavy atom. The van der Waals surface area contributed by atoms with Gasteiger partial charge in [0.05, 0.1) is 22.4 Å². The molecule has 1 aromatic heterocycles. The van der Waals surface area contributed by atoms with E-state index in [1.807, 2.05) is 5.38 Å². The first-order valence-electron chi connectivity index (χ1n) is 8.10. The summed E-state index contributed by atoms with van der Waals surface area (Å²) in [4.78, 5) is 18.7. The Labute approximate surface area is 160 Å². The first-order valence-corrected chi connectivity index (χ1v) is 11.7. The molecule has 2 atom stereocenters. The first-order chi connectivity index (χ1) is 12.2. The van der Waals surface area contributed by atoms with Gasteiger partial charge in [-0.05, 0) is 37.6 Å². The van der Waals surface area contributed by atoms with Crippen LogP contribution in [0.5, 0.6) is 0 Å². The van der Waals surface area contributed by atoms with Crippen LogP contribution in [0.3, 0.4) is 0 Å². The lowest BCUT2D eigenvalue weighted by Crippen LogP contribution is -2.41. The molecule has 1 aliphatic rings. The van der Waals surface area contributed by atoms with Crippen molar-refractivity contribution in [2.45, 2.75) is 29.0 Å². The number of aromatic nitrogens is 1. The molecule has 1 saturated heterocycles. The third kappa shape index (κ3) is 4.44. The molecule has 0 radical (unpaired) electrons. The largest absolute Gasteiger partial charge is 0.341 e. The summed E-state index contributed by atoms with van der Waals surface area (Å²) in [5, 5.41) is 1.51. The molecule has 9 heteroatoms. The number of hydrogen-bond donors (Lipinski definition) is 0. The summed E-state index contributed by atoms with van der Waals surface area (Å²) < 4.78 is 37.0. The van der Waals surface area contributed by atoms with Crippen LogP contribution in [0.2, 0.25) is 0 Å². The summed E-state index contributed by atoms with van der Waals surface area (Å²) in [6.45, 7) is 1.80. The molecule has 1 aromatic carbocycles.